The second-order valence-electron chi connectivity index (χ2n) is 0.767. The Morgan fingerprint density at radius 1 is 2.00 bits per heavy atom. The lowest BCUT2D eigenvalue weighted by atomic mass is 10.5. The molecule has 0 aliphatic heterocycles. The van der Waals surface area contributed by atoms with Crippen molar-refractivity contribution in [2.45, 2.75) is 5.38 Å². The van der Waals surface area contributed by atoms with Crippen LogP contribution < -0.4 is 0 Å². The summed E-state index contributed by atoms with van der Waals surface area (Å²) in [6.45, 7) is 3.28. The van der Waals surface area contributed by atoms with Crippen LogP contribution in [0.2, 0.25) is 0 Å². The molecule has 0 N–H and O–H groups in total. The van der Waals surface area contributed by atoms with E-state index in [1.165, 1.54) is 6.08 Å². The maximum atomic E-state index is 7.88. The fourth-order valence-corrected chi connectivity index (χ4v) is 0.0527. The average molecular weight is 102 g/mol. The third kappa shape index (κ3) is 1.80. The molecular weight excluding hydrogens is 97.5 g/mol. The Morgan fingerprint density at radius 3 is 2.50 bits per heavy atom. The van der Waals surface area contributed by atoms with E-state index in [0.29, 0.717) is 0 Å². The van der Waals surface area contributed by atoms with Crippen LogP contribution in [0.4, 0.5) is 0 Å². The van der Waals surface area contributed by atoms with Crippen LogP contribution in [0.25, 0.3) is 0 Å². The minimum absolute atomic E-state index is 0.523. The predicted octanol–water partition coefficient (Wildman–Crippen LogP) is 1.30. The second kappa shape index (κ2) is 2.74. The number of hydrogen-bond donors (Lipinski definition) is 0. The van der Waals surface area contributed by atoms with Crippen LogP contribution in [-0.2, 0) is 0 Å². The summed E-state index contributed by atoms with van der Waals surface area (Å²) in [5, 5.41) is 7.36. The molecule has 0 fully saturated rings. The van der Waals surface area contributed by atoms with E-state index in [0.717, 1.165) is 0 Å². The first-order chi connectivity index (χ1) is 2.81. The van der Waals surface area contributed by atoms with Crippen molar-refractivity contribution in [2.75, 3.05) is 0 Å². The normalized spacial score (nSPS) is 12.0. The van der Waals surface area contributed by atoms with Gasteiger partial charge in [0.05, 0.1) is 6.07 Å². The smallest absolute Gasteiger partial charge is 0.138 e. The van der Waals surface area contributed by atoms with E-state index in [4.69, 9.17) is 16.9 Å². The Morgan fingerprint density at radius 2 is 2.50 bits per heavy atom. The van der Waals surface area contributed by atoms with Crippen LogP contribution in [0.15, 0.2) is 12.7 Å². The van der Waals surface area contributed by atoms with E-state index in [2.05, 4.69) is 6.58 Å². The van der Waals surface area contributed by atoms with Crippen LogP contribution in [0.3, 0.4) is 0 Å². The first-order valence-electron chi connectivity index (χ1n) is 1.47. The third-order valence-electron chi connectivity index (χ3n) is 0.330. The van der Waals surface area contributed by atoms with Crippen molar-refractivity contribution >= 4 is 11.6 Å². The summed E-state index contributed by atoms with van der Waals surface area (Å²) in [6, 6.07) is 1.76. The SMILES string of the molecule is C=CC(Cl)C#N. The van der Waals surface area contributed by atoms with Gasteiger partial charge < -0.3 is 0 Å². The number of nitrogens with zero attached hydrogens (tertiary/aromatic N) is 1. The van der Waals surface area contributed by atoms with Gasteiger partial charge in [-0.2, -0.15) is 5.26 Å². The molecule has 0 amide bonds. The van der Waals surface area contributed by atoms with Gasteiger partial charge in [0.25, 0.3) is 0 Å². The highest BCUT2D eigenvalue weighted by atomic mass is 35.5. The highest BCUT2D eigenvalue weighted by Gasteiger charge is 1.87. The molecular formula is C4H4ClN. The summed E-state index contributed by atoms with van der Waals surface area (Å²) in [7, 11) is 0. The maximum Gasteiger partial charge on any atom is 0.138 e. The van der Waals surface area contributed by atoms with Crippen molar-refractivity contribution in [3.8, 4) is 6.07 Å². The Kier molecular flexibility index (Phi) is 2.52. The van der Waals surface area contributed by atoms with Crippen LogP contribution >= 0.6 is 11.6 Å². The van der Waals surface area contributed by atoms with E-state index >= 15 is 0 Å². The fourth-order valence-electron chi connectivity index (χ4n) is 0.0527. The molecule has 0 aromatic carbocycles. The van der Waals surface area contributed by atoms with E-state index in [1.54, 1.807) is 6.07 Å². The zero-order valence-electron chi connectivity index (χ0n) is 3.19. The minimum Gasteiger partial charge on any atom is -0.196 e. The highest BCUT2D eigenvalue weighted by molar-refractivity contribution is 6.23. The summed E-state index contributed by atoms with van der Waals surface area (Å²) in [5.74, 6) is 0. The van der Waals surface area contributed by atoms with Crippen molar-refractivity contribution in [1.29, 1.82) is 5.26 Å². The summed E-state index contributed by atoms with van der Waals surface area (Å²) in [6.07, 6.45) is 1.38. The Labute approximate surface area is 41.8 Å². The molecule has 0 radical (unpaired) electrons. The monoisotopic (exact) mass is 101 g/mol. The fraction of sp³-hybridized carbons (Fsp3) is 0.250. The van der Waals surface area contributed by atoms with Gasteiger partial charge in [-0.1, -0.05) is 6.08 Å². The van der Waals surface area contributed by atoms with Crippen molar-refractivity contribution < 1.29 is 0 Å². The van der Waals surface area contributed by atoms with Crippen molar-refractivity contribution in [3.05, 3.63) is 12.7 Å². The molecule has 1 unspecified atom stereocenters. The van der Waals surface area contributed by atoms with Crippen LogP contribution in [-0.4, -0.2) is 5.38 Å². The number of halogens is 1. The lowest BCUT2D eigenvalue weighted by molar-refractivity contribution is 1.36. The number of nitriles is 1. The molecule has 0 rings (SSSR count). The summed E-state index contributed by atoms with van der Waals surface area (Å²) >= 11 is 5.17. The second-order valence-corrected chi connectivity index (χ2v) is 1.24. The third-order valence-corrected chi connectivity index (χ3v) is 0.606. The van der Waals surface area contributed by atoms with Gasteiger partial charge in [0, 0.05) is 0 Å². The van der Waals surface area contributed by atoms with Gasteiger partial charge in [0.15, 0.2) is 0 Å². The van der Waals surface area contributed by atoms with Crippen LogP contribution in [0.5, 0.6) is 0 Å². The molecule has 0 heterocycles. The topological polar surface area (TPSA) is 23.8 Å². The molecule has 0 bridgehead atoms. The Bertz CT molecular complexity index is 82.0. The molecule has 0 spiro atoms. The zero-order chi connectivity index (χ0) is 4.99. The van der Waals surface area contributed by atoms with E-state index in [9.17, 15) is 0 Å². The van der Waals surface area contributed by atoms with E-state index < -0.39 is 5.38 Å². The molecule has 0 aromatic rings. The minimum atomic E-state index is -0.523. The highest BCUT2D eigenvalue weighted by Crippen LogP contribution is 1.90. The van der Waals surface area contributed by atoms with E-state index in [-0.39, 0.29) is 0 Å². The van der Waals surface area contributed by atoms with Gasteiger partial charge in [-0.3, -0.25) is 0 Å². The molecule has 0 aliphatic rings. The van der Waals surface area contributed by atoms with Gasteiger partial charge in [-0.25, -0.2) is 0 Å². The number of rotatable bonds is 1. The average Bonchev–Trinajstić information content (AvgIpc) is 1.65. The molecule has 0 saturated carbocycles. The molecule has 1 atom stereocenters. The number of alkyl halides is 1. The predicted molar refractivity (Wildman–Crippen MR) is 25.5 cm³/mol. The van der Waals surface area contributed by atoms with Gasteiger partial charge in [-0.05, 0) is 0 Å². The number of allylic oxidation sites excluding steroid dienone is 1. The summed E-state index contributed by atoms with van der Waals surface area (Å²) in [4.78, 5) is 0. The lowest BCUT2D eigenvalue weighted by Crippen LogP contribution is -1.81. The van der Waals surface area contributed by atoms with Gasteiger partial charge >= 0.3 is 0 Å². The standard InChI is InChI=1S/C4H4ClN/c1-2-4(5)3-6/h2,4H,1H2. The molecule has 0 saturated heterocycles. The molecule has 0 aromatic heterocycles. The van der Waals surface area contributed by atoms with Crippen LogP contribution in [0.1, 0.15) is 0 Å². The molecule has 6 heavy (non-hydrogen) atoms. The van der Waals surface area contributed by atoms with Gasteiger partial charge in [0.2, 0.25) is 0 Å². The largest absolute Gasteiger partial charge is 0.196 e. The molecule has 2 heteroatoms. The molecule has 0 aliphatic carbocycles. The molecule has 32 valence electrons. The van der Waals surface area contributed by atoms with Crippen molar-refractivity contribution in [1.82, 2.24) is 0 Å². The molecule has 1 nitrogen and oxygen atoms in total. The first-order valence-corrected chi connectivity index (χ1v) is 1.91. The van der Waals surface area contributed by atoms with Gasteiger partial charge in [-0.15, -0.1) is 18.2 Å². The first kappa shape index (κ1) is 5.52. The quantitative estimate of drug-likeness (QED) is 0.361. The zero-order valence-corrected chi connectivity index (χ0v) is 3.94. The summed E-state index contributed by atoms with van der Waals surface area (Å²) in [5.41, 5.74) is 0. The summed E-state index contributed by atoms with van der Waals surface area (Å²) < 4.78 is 0. The Hall–Kier alpha value is -0.480. The maximum absolute atomic E-state index is 7.88. The van der Waals surface area contributed by atoms with Crippen molar-refractivity contribution in [3.63, 3.8) is 0 Å². The van der Waals surface area contributed by atoms with Crippen molar-refractivity contribution in [2.24, 2.45) is 0 Å². The lowest BCUT2D eigenvalue weighted by Gasteiger charge is -1.77. The number of hydrogen-bond acceptors (Lipinski definition) is 1. The Balaban J connectivity index is 3.30. The van der Waals surface area contributed by atoms with Gasteiger partial charge in [0.1, 0.15) is 5.38 Å². The van der Waals surface area contributed by atoms with Crippen LogP contribution in [0, 0.1) is 11.3 Å². The van der Waals surface area contributed by atoms with E-state index in [1.807, 2.05) is 0 Å².